The Morgan fingerprint density at radius 2 is 2.06 bits per heavy atom. The maximum Gasteiger partial charge on any atom is 0.0403 e. The summed E-state index contributed by atoms with van der Waals surface area (Å²) in [7, 11) is 0. The van der Waals surface area contributed by atoms with Crippen molar-refractivity contribution in [3.63, 3.8) is 0 Å². The Labute approximate surface area is 101 Å². The van der Waals surface area contributed by atoms with Gasteiger partial charge in [0.2, 0.25) is 0 Å². The third-order valence-corrected chi connectivity index (χ3v) is 4.41. The molecule has 1 fully saturated rings. The number of benzene rings is 1. The molecule has 86 valence electrons. The minimum Gasteiger partial charge on any atom is -0.370 e. The molecular weight excluding hydrogens is 216 g/mol. The highest BCUT2D eigenvalue weighted by atomic mass is 32.2. The second kappa shape index (κ2) is 4.68. The van der Waals surface area contributed by atoms with Crippen LogP contribution in [-0.2, 0) is 13.0 Å². The maximum atomic E-state index is 3.45. The van der Waals surface area contributed by atoms with Crippen LogP contribution in [0.5, 0.6) is 0 Å². The molecule has 0 amide bonds. The molecule has 0 bridgehead atoms. The molecular formula is C13H18N2S. The molecule has 3 rings (SSSR count). The van der Waals surface area contributed by atoms with Crippen LogP contribution < -0.4 is 10.2 Å². The van der Waals surface area contributed by atoms with Crippen molar-refractivity contribution in [2.45, 2.75) is 13.0 Å². The molecule has 2 aliphatic rings. The minimum atomic E-state index is 1.05. The first-order chi connectivity index (χ1) is 7.95. The molecule has 0 atom stereocenters. The molecule has 3 heteroatoms. The van der Waals surface area contributed by atoms with E-state index in [1.54, 1.807) is 5.56 Å². The average molecular weight is 234 g/mol. The van der Waals surface area contributed by atoms with Gasteiger partial charge in [0, 0.05) is 36.8 Å². The van der Waals surface area contributed by atoms with E-state index in [1.165, 1.54) is 42.3 Å². The van der Waals surface area contributed by atoms with Gasteiger partial charge in [-0.3, -0.25) is 0 Å². The molecule has 2 nitrogen and oxygen atoms in total. The normalized spacial score (nSPS) is 20.6. The van der Waals surface area contributed by atoms with Crippen molar-refractivity contribution in [2.24, 2.45) is 0 Å². The Kier molecular flexibility index (Phi) is 3.06. The van der Waals surface area contributed by atoms with E-state index in [0.29, 0.717) is 0 Å². The van der Waals surface area contributed by atoms with Gasteiger partial charge in [0.05, 0.1) is 0 Å². The Hall–Kier alpha value is -0.670. The van der Waals surface area contributed by atoms with Gasteiger partial charge in [-0.1, -0.05) is 12.1 Å². The number of thioether (sulfide) groups is 1. The second-order valence-electron chi connectivity index (χ2n) is 4.44. The van der Waals surface area contributed by atoms with Crippen molar-refractivity contribution < 1.29 is 0 Å². The van der Waals surface area contributed by atoms with E-state index in [2.05, 4.69) is 40.2 Å². The SMILES string of the molecule is c1cc2c(c(N3CCSCC3)c1)CCNC2. The number of nitrogens with zero attached hydrogens (tertiary/aromatic N) is 1. The summed E-state index contributed by atoms with van der Waals surface area (Å²) in [6.45, 7) is 4.61. The van der Waals surface area contributed by atoms with Crippen LogP contribution >= 0.6 is 11.8 Å². The zero-order valence-corrected chi connectivity index (χ0v) is 10.4. The summed E-state index contributed by atoms with van der Waals surface area (Å²) in [6, 6.07) is 6.78. The molecule has 1 saturated heterocycles. The summed E-state index contributed by atoms with van der Waals surface area (Å²) in [5, 5.41) is 3.45. The maximum absolute atomic E-state index is 3.45. The molecule has 0 unspecified atom stereocenters. The van der Waals surface area contributed by atoms with E-state index in [9.17, 15) is 0 Å². The van der Waals surface area contributed by atoms with Crippen LogP contribution in [0.4, 0.5) is 5.69 Å². The first kappa shape index (κ1) is 10.5. The molecule has 1 aromatic rings. The van der Waals surface area contributed by atoms with E-state index in [0.717, 1.165) is 13.1 Å². The van der Waals surface area contributed by atoms with E-state index in [-0.39, 0.29) is 0 Å². The van der Waals surface area contributed by atoms with Gasteiger partial charge < -0.3 is 10.2 Å². The highest BCUT2D eigenvalue weighted by molar-refractivity contribution is 7.99. The van der Waals surface area contributed by atoms with Crippen LogP contribution in [0.3, 0.4) is 0 Å². The summed E-state index contributed by atoms with van der Waals surface area (Å²) in [5.41, 5.74) is 4.59. The van der Waals surface area contributed by atoms with Gasteiger partial charge in [-0.25, -0.2) is 0 Å². The van der Waals surface area contributed by atoms with Crippen LogP contribution in [0.15, 0.2) is 18.2 Å². The number of hydrogen-bond donors (Lipinski definition) is 1. The standard InChI is InChI=1S/C13H18N2S/c1-2-11-10-14-5-4-12(11)13(3-1)15-6-8-16-9-7-15/h1-3,14H,4-10H2. The summed E-state index contributed by atoms with van der Waals surface area (Å²) >= 11 is 2.08. The molecule has 2 heterocycles. The fourth-order valence-corrected chi connectivity index (χ4v) is 3.52. The van der Waals surface area contributed by atoms with E-state index < -0.39 is 0 Å². The van der Waals surface area contributed by atoms with Gasteiger partial charge >= 0.3 is 0 Å². The number of rotatable bonds is 1. The molecule has 16 heavy (non-hydrogen) atoms. The molecule has 0 saturated carbocycles. The van der Waals surface area contributed by atoms with Crippen LogP contribution in [0.25, 0.3) is 0 Å². The molecule has 0 aromatic heterocycles. The van der Waals surface area contributed by atoms with Gasteiger partial charge in [0.15, 0.2) is 0 Å². The van der Waals surface area contributed by atoms with E-state index in [4.69, 9.17) is 0 Å². The first-order valence-electron chi connectivity index (χ1n) is 6.09. The topological polar surface area (TPSA) is 15.3 Å². The lowest BCUT2D eigenvalue weighted by molar-refractivity contribution is 0.641. The number of fused-ring (bicyclic) bond motifs is 1. The Balaban J connectivity index is 1.93. The molecule has 1 aromatic carbocycles. The summed E-state index contributed by atoms with van der Waals surface area (Å²) in [6.07, 6.45) is 1.19. The largest absolute Gasteiger partial charge is 0.370 e. The lowest BCUT2D eigenvalue weighted by Gasteiger charge is -2.32. The summed E-state index contributed by atoms with van der Waals surface area (Å²) in [5.74, 6) is 2.56. The Morgan fingerprint density at radius 3 is 2.94 bits per heavy atom. The predicted molar refractivity (Wildman–Crippen MR) is 71.4 cm³/mol. The molecule has 0 aliphatic carbocycles. The third kappa shape index (κ3) is 1.94. The third-order valence-electron chi connectivity index (χ3n) is 3.47. The van der Waals surface area contributed by atoms with Crippen LogP contribution in [0.1, 0.15) is 11.1 Å². The smallest absolute Gasteiger partial charge is 0.0403 e. The van der Waals surface area contributed by atoms with Crippen LogP contribution in [-0.4, -0.2) is 31.1 Å². The van der Waals surface area contributed by atoms with Crippen molar-refractivity contribution >= 4 is 17.4 Å². The quantitative estimate of drug-likeness (QED) is 0.799. The van der Waals surface area contributed by atoms with Gasteiger partial charge in [-0.05, 0) is 30.2 Å². The van der Waals surface area contributed by atoms with E-state index >= 15 is 0 Å². The number of nitrogens with one attached hydrogen (secondary N) is 1. The van der Waals surface area contributed by atoms with Crippen molar-refractivity contribution in [1.82, 2.24) is 5.32 Å². The van der Waals surface area contributed by atoms with Gasteiger partial charge in [-0.15, -0.1) is 0 Å². The van der Waals surface area contributed by atoms with Gasteiger partial charge in [0.25, 0.3) is 0 Å². The van der Waals surface area contributed by atoms with Crippen molar-refractivity contribution in [3.8, 4) is 0 Å². The van der Waals surface area contributed by atoms with Crippen molar-refractivity contribution in [1.29, 1.82) is 0 Å². The average Bonchev–Trinajstić information content (AvgIpc) is 2.39. The highest BCUT2D eigenvalue weighted by Crippen LogP contribution is 2.28. The Bertz CT molecular complexity index is 372. The first-order valence-corrected chi connectivity index (χ1v) is 7.25. The molecule has 0 radical (unpaired) electrons. The lowest BCUT2D eigenvalue weighted by Crippen LogP contribution is -2.34. The van der Waals surface area contributed by atoms with Gasteiger partial charge in [0.1, 0.15) is 0 Å². The van der Waals surface area contributed by atoms with Gasteiger partial charge in [-0.2, -0.15) is 11.8 Å². The zero-order chi connectivity index (χ0) is 10.8. The Morgan fingerprint density at radius 1 is 1.19 bits per heavy atom. The highest BCUT2D eigenvalue weighted by Gasteiger charge is 2.18. The lowest BCUT2D eigenvalue weighted by atomic mass is 9.98. The van der Waals surface area contributed by atoms with Crippen molar-refractivity contribution in [3.05, 3.63) is 29.3 Å². The van der Waals surface area contributed by atoms with E-state index in [1.807, 2.05) is 0 Å². The molecule has 1 N–H and O–H groups in total. The van der Waals surface area contributed by atoms with Crippen molar-refractivity contribution in [2.75, 3.05) is 36.0 Å². The zero-order valence-electron chi connectivity index (χ0n) is 9.54. The number of hydrogen-bond acceptors (Lipinski definition) is 3. The summed E-state index contributed by atoms with van der Waals surface area (Å²) in [4.78, 5) is 2.57. The van der Waals surface area contributed by atoms with Crippen LogP contribution in [0.2, 0.25) is 0 Å². The fraction of sp³-hybridized carbons (Fsp3) is 0.538. The predicted octanol–water partition coefficient (Wildman–Crippen LogP) is 1.89. The monoisotopic (exact) mass is 234 g/mol. The second-order valence-corrected chi connectivity index (χ2v) is 5.67. The van der Waals surface area contributed by atoms with Crippen LogP contribution in [0, 0.1) is 0 Å². The summed E-state index contributed by atoms with van der Waals surface area (Å²) < 4.78 is 0. The number of anilines is 1. The molecule has 2 aliphatic heterocycles. The fourth-order valence-electron chi connectivity index (χ4n) is 2.61. The minimum absolute atomic E-state index is 1.05. The molecule has 0 spiro atoms.